The summed E-state index contributed by atoms with van der Waals surface area (Å²) in [4.78, 5) is 4.81. The van der Waals surface area contributed by atoms with Gasteiger partial charge in [0.25, 0.3) is 0 Å². The average molecular weight is 358 g/mol. The number of nitrogens with zero attached hydrogens (tertiary/aromatic N) is 3. The van der Waals surface area contributed by atoms with E-state index in [1.807, 2.05) is 31.2 Å². The number of aromatic nitrogens is 5. The number of hydrogen-bond donors (Lipinski definition) is 3. The number of hydrogen-bond acceptors (Lipinski definition) is 4. The summed E-state index contributed by atoms with van der Waals surface area (Å²) >= 11 is 0. The molecule has 0 aliphatic carbocycles. The van der Waals surface area contributed by atoms with Gasteiger partial charge in [-0.15, -0.1) is 0 Å². The van der Waals surface area contributed by atoms with Gasteiger partial charge in [-0.1, -0.05) is 6.07 Å². The van der Waals surface area contributed by atoms with Gasteiger partial charge in [0, 0.05) is 27.7 Å². The maximum Gasteiger partial charge on any atom is 0.125 e. The molecule has 5 rings (SSSR count). The Morgan fingerprint density at radius 2 is 1.89 bits per heavy atom. The smallest absolute Gasteiger partial charge is 0.125 e. The normalized spacial score (nSPS) is 11.3. The SMILES string of the molecule is Cc1[nH]ncc1-c1cc(Nc2cccc(F)c2)c2c(ccc3[nH]ncc32)n1. The van der Waals surface area contributed by atoms with E-state index in [2.05, 4.69) is 25.7 Å². The van der Waals surface area contributed by atoms with E-state index in [0.29, 0.717) is 5.69 Å². The van der Waals surface area contributed by atoms with Crippen LogP contribution in [-0.4, -0.2) is 25.4 Å². The summed E-state index contributed by atoms with van der Waals surface area (Å²) in [6.45, 7) is 1.95. The minimum absolute atomic E-state index is 0.294. The van der Waals surface area contributed by atoms with Crippen molar-refractivity contribution in [2.75, 3.05) is 5.32 Å². The highest BCUT2D eigenvalue weighted by Gasteiger charge is 2.14. The molecule has 0 aliphatic heterocycles. The van der Waals surface area contributed by atoms with Crippen LogP contribution in [0.4, 0.5) is 15.8 Å². The fraction of sp³-hybridized carbons (Fsp3) is 0.0500. The van der Waals surface area contributed by atoms with Gasteiger partial charge in [0.2, 0.25) is 0 Å². The van der Waals surface area contributed by atoms with E-state index in [1.165, 1.54) is 12.1 Å². The third-order valence-corrected chi connectivity index (χ3v) is 4.60. The standard InChI is InChI=1S/C20H15FN6/c1-11-14(9-22-26-11)18-8-19(24-13-4-2-3-12(21)7-13)20-15-10-23-27-16(15)5-6-17(20)25-18/h2-10H,1H3,(H,22,26)(H,23,27)(H,24,25). The average Bonchev–Trinajstić information content (AvgIpc) is 3.30. The number of pyridine rings is 1. The third kappa shape index (κ3) is 2.60. The molecular formula is C20H15FN6. The van der Waals surface area contributed by atoms with Crippen molar-refractivity contribution in [2.45, 2.75) is 6.92 Å². The van der Waals surface area contributed by atoms with E-state index in [4.69, 9.17) is 4.98 Å². The molecule has 0 atom stereocenters. The third-order valence-electron chi connectivity index (χ3n) is 4.60. The first-order valence-corrected chi connectivity index (χ1v) is 8.49. The van der Waals surface area contributed by atoms with Crippen molar-refractivity contribution >= 4 is 33.2 Å². The molecule has 132 valence electrons. The molecule has 3 heterocycles. The van der Waals surface area contributed by atoms with Crippen molar-refractivity contribution in [1.29, 1.82) is 0 Å². The van der Waals surface area contributed by atoms with Crippen LogP contribution in [0.2, 0.25) is 0 Å². The number of rotatable bonds is 3. The topological polar surface area (TPSA) is 82.3 Å². The summed E-state index contributed by atoms with van der Waals surface area (Å²) in [7, 11) is 0. The van der Waals surface area contributed by atoms with Gasteiger partial charge in [-0.2, -0.15) is 10.2 Å². The number of nitrogens with one attached hydrogen (secondary N) is 3. The van der Waals surface area contributed by atoms with Crippen molar-refractivity contribution in [2.24, 2.45) is 0 Å². The van der Waals surface area contributed by atoms with Crippen molar-refractivity contribution in [3.63, 3.8) is 0 Å². The summed E-state index contributed by atoms with van der Waals surface area (Å²) in [5.41, 5.74) is 5.87. The van der Waals surface area contributed by atoms with Gasteiger partial charge >= 0.3 is 0 Å². The maximum atomic E-state index is 13.7. The molecule has 0 radical (unpaired) electrons. The highest BCUT2D eigenvalue weighted by atomic mass is 19.1. The van der Waals surface area contributed by atoms with Gasteiger partial charge in [-0.3, -0.25) is 10.2 Å². The Labute approximate surface area is 153 Å². The largest absolute Gasteiger partial charge is 0.355 e. The Morgan fingerprint density at radius 3 is 2.70 bits per heavy atom. The molecule has 5 aromatic rings. The van der Waals surface area contributed by atoms with Gasteiger partial charge < -0.3 is 5.32 Å². The number of H-pyrrole nitrogens is 2. The van der Waals surface area contributed by atoms with Crippen LogP contribution in [0.3, 0.4) is 0 Å². The predicted octanol–water partition coefficient (Wildman–Crippen LogP) is 4.69. The lowest BCUT2D eigenvalue weighted by Crippen LogP contribution is -1.96. The molecule has 27 heavy (non-hydrogen) atoms. The van der Waals surface area contributed by atoms with E-state index in [-0.39, 0.29) is 5.82 Å². The Balaban J connectivity index is 1.78. The molecule has 6 nitrogen and oxygen atoms in total. The van der Waals surface area contributed by atoms with Crippen molar-refractivity contribution in [3.05, 3.63) is 66.4 Å². The van der Waals surface area contributed by atoms with Crippen LogP contribution in [0.1, 0.15) is 5.69 Å². The number of fused-ring (bicyclic) bond motifs is 3. The molecule has 0 amide bonds. The molecule has 0 fully saturated rings. The van der Waals surface area contributed by atoms with Crippen LogP contribution in [0, 0.1) is 12.7 Å². The Hall–Kier alpha value is -3.74. The zero-order valence-corrected chi connectivity index (χ0v) is 14.4. The van der Waals surface area contributed by atoms with Crippen LogP contribution in [0.15, 0.2) is 54.9 Å². The van der Waals surface area contributed by atoms with Crippen molar-refractivity contribution < 1.29 is 4.39 Å². The summed E-state index contributed by atoms with van der Waals surface area (Å²) in [5.74, 6) is -0.294. The van der Waals surface area contributed by atoms with E-state index >= 15 is 0 Å². The van der Waals surface area contributed by atoms with E-state index in [0.717, 1.165) is 44.4 Å². The molecule has 0 unspecified atom stereocenters. The zero-order valence-electron chi connectivity index (χ0n) is 14.4. The summed E-state index contributed by atoms with van der Waals surface area (Å²) in [6, 6.07) is 12.2. The van der Waals surface area contributed by atoms with E-state index in [9.17, 15) is 4.39 Å². The van der Waals surface area contributed by atoms with Crippen LogP contribution < -0.4 is 5.32 Å². The zero-order chi connectivity index (χ0) is 18.4. The molecule has 0 aliphatic rings. The number of anilines is 2. The van der Waals surface area contributed by atoms with Gasteiger partial charge in [-0.05, 0) is 43.3 Å². The number of aryl methyl sites for hydroxylation is 1. The second-order valence-electron chi connectivity index (χ2n) is 6.39. The van der Waals surface area contributed by atoms with E-state index in [1.54, 1.807) is 18.5 Å². The number of halogens is 1. The number of benzene rings is 2. The lowest BCUT2D eigenvalue weighted by atomic mass is 10.1. The second-order valence-corrected chi connectivity index (χ2v) is 6.39. The summed E-state index contributed by atoms with van der Waals surface area (Å²) in [5, 5.41) is 19.4. The molecule has 0 saturated carbocycles. The molecular weight excluding hydrogens is 343 g/mol. The first-order chi connectivity index (χ1) is 13.2. The predicted molar refractivity (Wildman–Crippen MR) is 103 cm³/mol. The van der Waals surface area contributed by atoms with Gasteiger partial charge in [-0.25, -0.2) is 9.37 Å². The molecule has 2 aromatic carbocycles. The molecule has 7 heteroatoms. The lowest BCUT2D eigenvalue weighted by Gasteiger charge is -2.13. The molecule has 0 spiro atoms. The van der Waals surface area contributed by atoms with Gasteiger partial charge in [0.15, 0.2) is 0 Å². The van der Waals surface area contributed by atoms with E-state index < -0.39 is 0 Å². The van der Waals surface area contributed by atoms with Gasteiger partial charge in [0.1, 0.15) is 5.82 Å². The quantitative estimate of drug-likeness (QED) is 0.437. The monoisotopic (exact) mass is 358 g/mol. The minimum Gasteiger partial charge on any atom is -0.355 e. The van der Waals surface area contributed by atoms with Crippen molar-refractivity contribution in [1.82, 2.24) is 25.4 Å². The first-order valence-electron chi connectivity index (χ1n) is 8.49. The summed E-state index contributed by atoms with van der Waals surface area (Å²) in [6.07, 6.45) is 3.53. The van der Waals surface area contributed by atoms with Crippen LogP contribution in [0.5, 0.6) is 0 Å². The Kier molecular flexibility index (Phi) is 3.39. The molecule has 3 N–H and O–H groups in total. The lowest BCUT2D eigenvalue weighted by molar-refractivity contribution is 0.628. The Morgan fingerprint density at radius 1 is 1.00 bits per heavy atom. The first kappa shape index (κ1) is 15.5. The highest BCUT2D eigenvalue weighted by molar-refractivity contribution is 6.12. The maximum absolute atomic E-state index is 13.7. The number of aromatic amines is 2. The molecule has 3 aromatic heterocycles. The Bertz CT molecular complexity index is 1290. The minimum atomic E-state index is -0.294. The second kappa shape index (κ2) is 5.91. The fourth-order valence-electron chi connectivity index (χ4n) is 3.32. The molecule has 0 bridgehead atoms. The van der Waals surface area contributed by atoms with Crippen LogP contribution >= 0.6 is 0 Å². The summed E-state index contributed by atoms with van der Waals surface area (Å²) < 4.78 is 13.7. The van der Waals surface area contributed by atoms with Gasteiger partial charge in [0.05, 0.1) is 34.8 Å². The molecule has 0 saturated heterocycles. The van der Waals surface area contributed by atoms with Crippen LogP contribution in [-0.2, 0) is 0 Å². The van der Waals surface area contributed by atoms with Crippen molar-refractivity contribution in [3.8, 4) is 11.3 Å². The van der Waals surface area contributed by atoms with Crippen LogP contribution in [0.25, 0.3) is 33.1 Å². The fourth-order valence-corrected chi connectivity index (χ4v) is 3.32. The highest BCUT2D eigenvalue weighted by Crippen LogP contribution is 2.35.